The lowest BCUT2D eigenvalue weighted by Crippen LogP contribution is -2.22. The maximum absolute atomic E-state index is 9.77. The molecule has 0 bridgehead atoms. The van der Waals surface area contributed by atoms with Crippen LogP contribution in [-0.2, 0) is 0 Å². The lowest BCUT2D eigenvalue weighted by molar-refractivity contribution is 0.127. The van der Waals surface area contributed by atoms with Crippen molar-refractivity contribution in [3.05, 3.63) is 24.3 Å². The summed E-state index contributed by atoms with van der Waals surface area (Å²) in [7, 11) is 4.08. The van der Waals surface area contributed by atoms with Crippen molar-refractivity contribution >= 4 is 17.4 Å². The van der Waals surface area contributed by atoms with E-state index in [1.807, 2.05) is 26.2 Å². The van der Waals surface area contributed by atoms with Crippen molar-refractivity contribution in [1.82, 2.24) is 4.90 Å². The van der Waals surface area contributed by atoms with Gasteiger partial charge in [-0.3, -0.25) is 0 Å². The topological polar surface area (TPSA) is 58.7 Å². The van der Waals surface area contributed by atoms with Gasteiger partial charge in [-0.1, -0.05) is 12.1 Å². The number of hydrogen-bond acceptors (Lipinski definition) is 5. The van der Waals surface area contributed by atoms with Crippen LogP contribution in [0, 0.1) is 0 Å². The van der Waals surface area contributed by atoms with E-state index in [2.05, 4.69) is 4.90 Å². The summed E-state index contributed by atoms with van der Waals surface area (Å²) in [6.45, 7) is 1.30. The Hall–Kier alpha value is -0.910. The second kappa shape index (κ2) is 8.24. The minimum absolute atomic E-state index is 0.281. The Bertz CT molecular complexity index is 348. The summed E-state index contributed by atoms with van der Waals surface area (Å²) in [5.41, 5.74) is 6.35. The van der Waals surface area contributed by atoms with E-state index in [0.717, 1.165) is 12.3 Å². The summed E-state index contributed by atoms with van der Waals surface area (Å²) < 4.78 is 5.48. The van der Waals surface area contributed by atoms with Gasteiger partial charge >= 0.3 is 0 Å². The van der Waals surface area contributed by atoms with Crippen molar-refractivity contribution in [2.45, 2.75) is 6.10 Å². The number of hydrogen-bond donors (Lipinski definition) is 2. The van der Waals surface area contributed by atoms with Crippen LogP contribution in [-0.4, -0.2) is 54.9 Å². The van der Waals surface area contributed by atoms with Crippen molar-refractivity contribution in [3.63, 3.8) is 0 Å². The fourth-order valence-electron chi connectivity index (χ4n) is 1.31. The summed E-state index contributed by atoms with van der Waals surface area (Å²) in [6, 6.07) is 7.31. The first-order valence-corrected chi connectivity index (χ1v) is 7.13. The molecule has 1 unspecified atom stereocenters. The third kappa shape index (κ3) is 6.14. The molecule has 4 nitrogen and oxygen atoms in total. The standard InChI is InChI=1S/C13H22N2O2S/c1-15(2)7-8-18-10-11(16)9-17-13-6-4-3-5-12(13)14/h3-6,11,16H,7-10,14H2,1-2H3. The fourth-order valence-corrected chi connectivity index (χ4v) is 2.34. The molecule has 0 aliphatic heterocycles. The van der Waals surface area contributed by atoms with Gasteiger partial charge < -0.3 is 20.5 Å². The molecule has 0 saturated carbocycles. The predicted molar refractivity (Wildman–Crippen MR) is 78.2 cm³/mol. The lowest BCUT2D eigenvalue weighted by atomic mass is 10.3. The van der Waals surface area contributed by atoms with E-state index >= 15 is 0 Å². The molecule has 18 heavy (non-hydrogen) atoms. The highest BCUT2D eigenvalue weighted by Crippen LogP contribution is 2.20. The van der Waals surface area contributed by atoms with Crippen LogP contribution < -0.4 is 10.5 Å². The second-order valence-electron chi connectivity index (χ2n) is 4.38. The Morgan fingerprint density at radius 1 is 1.39 bits per heavy atom. The summed E-state index contributed by atoms with van der Waals surface area (Å²) in [6.07, 6.45) is -0.461. The van der Waals surface area contributed by atoms with Crippen LogP contribution in [0.2, 0.25) is 0 Å². The molecule has 1 aromatic carbocycles. The number of rotatable bonds is 8. The highest BCUT2D eigenvalue weighted by molar-refractivity contribution is 7.99. The Morgan fingerprint density at radius 2 is 2.11 bits per heavy atom. The number of benzene rings is 1. The summed E-state index contributed by atoms with van der Waals surface area (Å²) in [5, 5.41) is 9.77. The zero-order valence-corrected chi connectivity index (χ0v) is 11.8. The maximum Gasteiger partial charge on any atom is 0.142 e. The zero-order valence-electron chi connectivity index (χ0n) is 11.0. The number of thioether (sulfide) groups is 1. The number of aliphatic hydroxyl groups is 1. The van der Waals surface area contributed by atoms with E-state index in [1.54, 1.807) is 23.9 Å². The van der Waals surface area contributed by atoms with Crippen LogP contribution in [0.1, 0.15) is 0 Å². The lowest BCUT2D eigenvalue weighted by Gasteiger charge is -2.14. The van der Waals surface area contributed by atoms with E-state index in [9.17, 15) is 5.11 Å². The van der Waals surface area contributed by atoms with Gasteiger partial charge in [0.2, 0.25) is 0 Å². The van der Waals surface area contributed by atoms with Gasteiger partial charge in [0.05, 0.1) is 11.8 Å². The van der Waals surface area contributed by atoms with Crippen molar-refractivity contribution in [2.75, 3.05) is 44.5 Å². The number of anilines is 1. The monoisotopic (exact) mass is 270 g/mol. The van der Waals surface area contributed by atoms with E-state index in [1.165, 1.54) is 0 Å². The van der Waals surface area contributed by atoms with Crippen molar-refractivity contribution in [2.24, 2.45) is 0 Å². The molecule has 0 aliphatic carbocycles. The Balaban J connectivity index is 2.17. The second-order valence-corrected chi connectivity index (χ2v) is 5.53. The molecule has 1 aromatic rings. The highest BCUT2D eigenvalue weighted by atomic mass is 32.2. The number of nitrogen functional groups attached to an aromatic ring is 1. The molecule has 102 valence electrons. The molecule has 0 heterocycles. The van der Waals surface area contributed by atoms with Gasteiger partial charge in [-0.2, -0.15) is 11.8 Å². The quantitative estimate of drug-likeness (QED) is 0.551. The molecule has 0 amide bonds. The smallest absolute Gasteiger partial charge is 0.142 e. The SMILES string of the molecule is CN(C)CCSCC(O)COc1ccccc1N. The molecule has 0 spiro atoms. The zero-order chi connectivity index (χ0) is 13.4. The normalized spacial score (nSPS) is 12.7. The van der Waals surface area contributed by atoms with Crippen LogP contribution in [0.15, 0.2) is 24.3 Å². The van der Waals surface area contributed by atoms with Gasteiger partial charge in [0.25, 0.3) is 0 Å². The number of aliphatic hydroxyl groups excluding tert-OH is 1. The summed E-state index contributed by atoms with van der Waals surface area (Å²) in [4.78, 5) is 2.13. The molecule has 0 radical (unpaired) electrons. The van der Waals surface area contributed by atoms with Gasteiger partial charge in [0.1, 0.15) is 12.4 Å². The largest absolute Gasteiger partial charge is 0.489 e. The molecular weight excluding hydrogens is 248 g/mol. The van der Waals surface area contributed by atoms with Crippen LogP contribution >= 0.6 is 11.8 Å². The predicted octanol–water partition coefficient (Wildman–Crippen LogP) is 1.30. The first-order chi connectivity index (χ1) is 8.59. The van der Waals surface area contributed by atoms with Crippen molar-refractivity contribution < 1.29 is 9.84 Å². The van der Waals surface area contributed by atoms with Gasteiger partial charge in [-0.25, -0.2) is 0 Å². The van der Waals surface area contributed by atoms with Crippen LogP contribution in [0.25, 0.3) is 0 Å². The Morgan fingerprint density at radius 3 is 2.78 bits per heavy atom. The first kappa shape index (κ1) is 15.1. The van der Waals surface area contributed by atoms with Gasteiger partial charge in [0, 0.05) is 18.1 Å². The van der Waals surface area contributed by atoms with E-state index in [4.69, 9.17) is 10.5 Å². The minimum Gasteiger partial charge on any atom is -0.489 e. The average Bonchev–Trinajstić information content (AvgIpc) is 2.33. The third-order valence-electron chi connectivity index (χ3n) is 2.34. The number of ether oxygens (including phenoxy) is 1. The molecule has 1 atom stereocenters. The Labute approximate surface area is 113 Å². The van der Waals surface area contributed by atoms with Crippen LogP contribution in [0.3, 0.4) is 0 Å². The van der Waals surface area contributed by atoms with Gasteiger partial charge in [0.15, 0.2) is 0 Å². The molecule has 0 aliphatic rings. The van der Waals surface area contributed by atoms with Gasteiger partial charge in [-0.15, -0.1) is 0 Å². The average molecular weight is 270 g/mol. The number of nitrogens with zero attached hydrogens (tertiary/aromatic N) is 1. The first-order valence-electron chi connectivity index (χ1n) is 5.97. The van der Waals surface area contributed by atoms with Gasteiger partial charge in [-0.05, 0) is 26.2 Å². The molecule has 5 heteroatoms. The summed E-state index contributed by atoms with van der Waals surface area (Å²) >= 11 is 1.73. The van der Waals surface area contributed by atoms with E-state index < -0.39 is 6.10 Å². The minimum atomic E-state index is -0.461. The van der Waals surface area contributed by atoms with Crippen molar-refractivity contribution in [1.29, 1.82) is 0 Å². The highest BCUT2D eigenvalue weighted by Gasteiger charge is 2.06. The fraction of sp³-hybridized carbons (Fsp3) is 0.538. The van der Waals surface area contributed by atoms with Crippen LogP contribution in [0.5, 0.6) is 5.75 Å². The molecule has 0 aromatic heterocycles. The molecule has 0 fully saturated rings. The van der Waals surface area contributed by atoms with Crippen molar-refractivity contribution in [3.8, 4) is 5.75 Å². The third-order valence-corrected chi connectivity index (χ3v) is 3.44. The number of nitrogens with two attached hydrogens (primary N) is 1. The summed E-state index contributed by atoms with van der Waals surface area (Å²) in [5.74, 6) is 2.33. The molecule has 1 rings (SSSR count). The maximum atomic E-state index is 9.77. The Kier molecular flexibility index (Phi) is 6.93. The molecular formula is C13H22N2O2S. The molecule has 0 saturated heterocycles. The number of para-hydroxylation sites is 2. The van der Waals surface area contributed by atoms with E-state index in [-0.39, 0.29) is 6.61 Å². The van der Waals surface area contributed by atoms with Crippen LogP contribution in [0.4, 0.5) is 5.69 Å². The van der Waals surface area contributed by atoms with E-state index in [0.29, 0.717) is 17.2 Å². The molecule has 3 N–H and O–H groups in total.